The molecule has 0 amide bonds. The van der Waals surface area contributed by atoms with Gasteiger partial charge in [0.1, 0.15) is 5.82 Å². The van der Waals surface area contributed by atoms with Crippen LogP contribution in [-0.4, -0.2) is 39.6 Å². The third kappa shape index (κ3) is 2.38. The van der Waals surface area contributed by atoms with E-state index in [1.165, 1.54) is 32.4 Å². The number of nitrogens with zero attached hydrogens (tertiary/aromatic N) is 3. The molecule has 1 saturated heterocycles. The average molecular weight is 234 g/mol. The molecule has 1 aliphatic carbocycles. The average Bonchev–Trinajstić information content (AvgIpc) is 2.90. The predicted molar refractivity (Wildman–Crippen MR) is 67.8 cm³/mol. The van der Waals surface area contributed by atoms with Gasteiger partial charge in [0.05, 0.1) is 6.04 Å². The van der Waals surface area contributed by atoms with E-state index in [4.69, 9.17) is 0 Å². The topological polar surface area (TPSA) is 33.1 Å². The third-order valence-electron chi connectivity index (χ3n) is 4.01. The molecule has 4 heteroatoms. The molecule has 2 aliphatic rings. The van der Waals surface area contributed by atoms with E-state index in [-0.39, 0.29) is 0 Å². The molecule has 1 aliphatic heterocycles. The van der Waals surface area contributed by atoms with E-state index in [0.29, 0.717) is 12.1 Å². The van der Waals surface area contributed by atoms with Crippen molar-refractivity contribution < 1.29 is 0 Å². The quantitative estimate of drug-likeness (QED) is 0.852. The van der Waals surface area contributed by atoms with Gasteiger partial charge in [-0.1, -0.05) is 0 Å². The first-order chi connectivity index (χ1) is 8.24. The molecule has 4 nitrogen and oxygen atoms in total. The molecule has 2 atom stereocenters. The van der Waals surface area contributed by atoms with Crippen molar-refractivity contribution in [1.29, 1.82) is 0 Å². The van der Waals surface area contributed by atoms with Crippen LogP contribution in [0.3, 0.4) is 0 Å². The minimum absolute atomic E-state index is 0.346. The lowest BCUT2D eigenvalue weighted by atomic mass is 10.2. The molecule has 1 aromatic heterocycles. The highest BCUT2D eigenvalue weighted by atomic mass is 15.2. The van der Waals surface area contributed by atoms with E-state index in [2.05, 4.69) is 33.7 Å². The first-order valence-corrected chi connectivity index (χ1v) is 6.71. The van der Waals surface area contributed by atoms with Crippen LogP contribution in [0.25, 0.3) is 0 Å². The molecular weight excluding hydrogens is 212 g/mol. The summed E-state index contributed by atoms with van der Waals surface area (Å²) in [6.45, 7) is 4.71. The van der Waals surface area contributed by atoms with Crippen LogP contribution in [0.5, 0.6) is 0 Å². The van der Waals surface area contributed by atoms with Crippen molar-refractivity contribution in [3.05, 3.63) is 18.2 Å². The Morgan fingerprint density at radius 3 is 2.88 bits per heavy atom. The number of nitrogens with one attached hydrogen (secondary N) is 1. The van der Waals surface area contributed by atoms with Crippen LogP contribution < -0.4 is 5.32 Å². The molecule has 2 unspecified atom stereocenters. The summed E-state index contributed by atoms with van der Waals surface area (Å²) in [5, 5.41) is 3.71. The maximum Gasteiger partial charge on any atom is 0.125 e. The highest BCUT2D eigenvalue weighted by Crippen LogP contribution is 2.30. The van der Waals surface area contributed by atoms with Gasteiger partial charge in [-0.2, -0.15) is 0 Å². The van der Waals surface area contributed by atoms with Crippen LogP contribution in [0.4, 0.5) is 0 Å². The molecule has 0 spiro atoms. The summed E-state index contributed by atoms with van der Waals surface area (Å²) >= 11 is 0. The number of imidazole rings is 1. The molecule has 94 valence electrons. The van der Waals surface area contributed by atoms with Crippen molar-refractivity contribution in [2.45, 2.75) is 44.3 Å². The predicted octanol–water partition coefficient (Wildman–Crippen LogP) is 1.31. The normalized spacial score (nSPS) is 27.5. The summed E-state index contributed by atoms with van der Waals surface area (Å²) in [5.41, 5.74) is 0. The first-order valence-electron chi connectivity index (χ1n) is 6.71. The number of aromatic nitrogens is 2. The second kappa shape index (κ2) is 4.42. The molecule has 0 aromatic carbocycles. The monoisotopic (exact) mass is 234 g/mol. The van der Waals surface area contributed by atoms with Crippen LogP contribution in [0.2, 0.25) is 0 Å². The molecule has 2 fully saturated rings. The van der Waals surface area contributed by atoms with Gasteiger partial charge in [0, 0.05) is 44.6 Å². The van der Waals surface area contributed by atoms with E-state index in [9.17, 15) is 0 Å². The maximum absolute atomic E-state index is 4.41. The highest BCUT2D eigenvalue weighted by molar-refractivity contribution is 4.99. The Bertz CT molecular complexity index is 383. The number of rotatable bonds is 4. The lowest BCUT2D eigenvalue weighted by Crippen LogP contribution is -2.35. The van der Waals surface area contributed by atoms with Gasteiger partial charge in [-0.3, -0.25) is 4.90 Å². The van der Waals surface area contributed by atoms with E-state index in [1.54, 1.807) is 0 Å². The van der Waals surface area contributed by atoms with Crippen molar-refractivity contribution in [2.24, 2.45) is 7.05 Å². The van der Waals surface area contributed by atoms with Gasteiger partial charge in [-0.15, -0.1) is 0 Å². The zero-order valence-corrected chi connectivity index (χ0v) is 10.8. The minimum Gasteiger partial charge on any atom is -0.337 e. The molecule has 3 rings (SSSR count). The van der Waals surface area contributed by atoms with E-state index < -0.39 is 0 Å². The van der Waals surface area contributed by atoms with E-state index in [1.807, 2.05) is 12.4 Å². The van der Waals surface area contributed by atoms with Crippen molar-refractivity contribution >= 4 is 0 Å². The summed E-state index contributed by atoms with van der Waals surface area (Å²) < 4.78 is 2.10. The van der Waals surface area contributed by atoms with Crippen LogP contribution >= 0.6 is 0 Å². The molecule has 17 heavy (non-hydrogen) atoms. The molecule has 1 saturated carbocycles. The molecule has 0 radical (unpaired) electrons. The Labute approximate surface area is 103 Å². The summed E-state index contributed by atoms with van der Waals surface area (Å²) in [4.78, 5) is 7.05. The van der Waals surface area contributed by atoms with Crippen molar-refractivity contribution in [2.75, 3.05) is 13.1 Å². The Hall–Kier alpha value is -0.870. The fraction of sp³-hybridized carbons (Fsp3) is 0.769. The second-order valence-electron chi connectivity index (χ2n) is 5.50. The Kier molecular flexibility index (Phi) is 2.92. The van der Waals surface area contributed by atoms with E-state index in [0.717, 1.165) is 11.9 Å². The maximum atomic E-state index is 4.41. The fourth-order valence-corrected chi connectivity index (χ4v) is 2.92. The van der Waals surface area contributed by atoms with Gasteiger partial charge >= 0.3 is 0 Å². The third-order valence-corrected chi connectivity index (χ3v) is 4.01. The largest absolute Gasteiger partial charge is 0.337 e. The van der Waals surface area contributed by atoms with Crippen molar-refractivity contribution in [1.82, 2.24) is 19.8 Å². The van der Waals surface area contributed by atoms with Gasteiger partial charge in [0.25, 0.3) is 0 Å². The summed E-state index contributed by atoms with van der Waals surface area (Å²) in [7, 11) is 2.06. The van der Waals surface area contributed by atoms with Gasteiger partial charge in [0.15, 0.2) is 0 Å². The number of hydrogen-bond acceptors (Lipinski definition) is 3. The molecule has 2 heterocycles. The summed E-state index contributed by atoms with van der Waals surface area (Å²) in [6, 6.07) is 1.90. The first kappa shape index (κ1) is 11.2. The minimum atomic E-state index is 0.346. The lowest BCUT2D eigenvalue weighted by molar-refractivity contribution is 0.312. The van der Waals surface area contributed by atoms with Gasteiger partial charge in [-0.05, 0) is 26.2 Å². The van der Waals surface area contributed by atoms with Crippen molar-refractivity contribution in [3.8, 4) is 0 Å². The SMILES string of the molecule is CC(NC1CCN(C2CC2)C1)c1nccn1C. The van der Waals surface area contributed by atoms with E-state index >= 15 is 0 Å². The van der Waals surface area contributed by atoms with Gasteiger partial charge in [-0.25, -0.2) is 4.98 Å². The van der Waals surface area contributed by atoms with Crippen LogP contribution in [0.15, 0.2) is 12.4 Å². The van der Waals surface area contributed by atoms with Crippen molar-refractivity contribution in [3.63, 3.8) is 0 Å². The Balaban J connectivity index is 1.55. The second-order valence-corrected chi connectivity index (χ2v) is 5.50. The smallest absolute Gasteiger partial charge is 0.125 e. The Morgan fingerprint density at radius 2 is 2.24 bits per heavy atom. The van der Waals surface area contributed by atoms with Gasteiger partial charge < -0.3 is 9.88 Å². The van der Waals surface area contributed by atoms with Crippen LogP contribution in [0, 0.1) is 0 Å². The summed E-state index contributed by atoms with van der Waals surface area (Å²) in [5.74, 6) is 1.13. The molecule has 1 N–H and O–H groups in total. The van der Waals surface area contributed by atoms with Crippen LogP contribution in [-0.2, 0) is 7.05 Å². The fourth-order valence-electron chi connectivity index (χ4n) is 2.92. The molecular formula is C13H22N4. The van der Waals surface area contributed by atoms with Gasteiger partial charge in [0.2, 0.25) is 0 Å². The van der Waals surface area contributed by atoms with Crippen LogP contribution in [0.1, 0.15) is 38.1 Å². The zero-order chi connectivity index (χ0) is 11.8. The lowest BCUT2D eigenvalue weighted by Gasteiger charge is -2.20. The molecule has 1 aromatic rings. The standard InChI is InChI=1S/C13H22N4/c1-10(13-14-6-8-16(13)2)15-11-5-7-17(9-11)12-3-4-12/h6,8,10-12,15H,3-5,7,9H2,1-2H3. The Morgan fingerprint density at radius 1 is 1.41 bits per heavy atom. The molecule has 0 bridgehead atoms. The number of likely N-dealkylation sites (tertiary alicyclic amines) is 1. The highest BCUT2D eigenvalue weighted by Gasteiger charge is 2.34. The number of aryl methyl sites for hydroxylation is 1. The summed E-state index contributed by atoms with van der Waals surface area (Å²) in [6.07, 6.45) is 8.01. The number of hydrogen-bond donors (Lipinski definition) is 1. The zero-order valence-electron chi connectivity index (χ0n) is 10.8.